The summed E-state index contributed by atoms with van der Waals surface area (Å²) in [5, 5.41) is 0. The minimum absolute atomic E-state index is 0.672. The van der Waals surface area contributed by atoms with Crippen LogP contribution in [0, 0.1) is 5.92 Å². The molecule has 0 amide bonds. The molecule has 3 heteroatoms. The zero-order valence-electron chi connectivity index (χ0n) is 7.74. The van der Waals surface area contributed by atoms with Gasteiger partial charge in [-0.3, -0.25) is 0 Å². The Morgan fingerprint density at radius 2 is 2.00 bits per heavy atom. The molecular formula is C10H15N3. The van der Waals surface area contributed by atoms with Gasteiger partial charge in [0.2, 0.25) is 0 Å². The Hall–Kier alpha value is -0.960. The van der Waals surface area contributed by atoms with Gasteiger partial charge in [0.05, 0.1) is 0 Å². The van der Waals surface area contributed by atoms with E-state index in [1.807, 2.05) is 12.4 Å². The van der Waals surface area contributed by atoms with Crippen LogP contribution in [0.25, 0.3) is 0 Å². The van der Waals surface area contributed by atoms with E-state index in [2.05, 4.69) is 9.97 Å². The molecule has 0 spiro atoms. The molecule has 1 aromatic heterocycles. The Balaban J connectivity index is 1.95. The van der Waals surface area contributed by atoms with Crippen molar-refractivity contribution in [1.82, 2.24) is 9.97 Å². The highest BCUT2D eigenvalue weighted by atomic mass is 14.9. The van der Waals surface area contributed by atoms with E-state index in [0.29, 0.717) is 6.54 Å². The van der Waals surface area contributed by atoms with Gasteiger partial charge in [-0.25, -0.2) is 9.97 Å². The summed E-state index contributed by atoms with van der Waals surface area (Å²) in [5.41, 5.74) is 6.57. The zero-order valence-corrected chi connectivity index (χ0v) is 7.74. The van der Waals surface area contributed by atoms with Gasteiger partial charge >= 0.3 is 0 Å². The second kappa shape index (κ2) is 3.83. The molecule has 0 aliphatic heterocycles. The highest BCUT2D eigenvalue weighted by Crippen LogP contribution is 2.31. The third-order valence-corrected chi connectivity index (χ3v) is 2.36. The number of hydrogen-bond donors (Lipinski definition) is 1. The van der Waals surface area contributed by atoms with E-state index >= 15 is 0 Å². The molecule has 0 radical (unpaired) electrons. The lowest BCUT2D eigenvalue weighted by Gasteiger charge is -1.99. The van der Waals surface area contributed by atoms with Crippen molar-refractivity contribution in [3.05, 3.63) is 23.8 Å². The van der Waals surface area contributed by atoms with Crippen LogP contribution in [-0.2, 0) is 12.8 Å². The van der Waals surface area contributed by atoms with Crippen LogP contribution in [0.1, 0.15) is 24.2 Å². The summed E-state index contributed by atoms with van der Waals surface area (Å²) in [6, 6.07) is 0. The first-order chi connectivity index (χ1) is 6.38. The standard InChI is InChI=1S/C10H15N3/c11-4-3-9-6-12-10(13-7-9)5-8-1-2-8/h6-8H,1-5,11H2. The van der Waals surface area contributed by atoms with Gasteiger partial charge in [-0.2, -0.15) is 0 Å². The second-order valence-corrected chi connectivity index (χ2v) is 3.69. The molecule has 0 unspecified atom stereocenters. The molecule has 2 N–H and O–H groups in total. The quantitative estimate of drug-likeness (QED) is 0.744. The van der Waals surface area contributed by atoms with Gasteiger partial charge < -0.3 is 5.73 Å². The van der Waals surface area contributed by atoms with Crippen LogP contribution in [-0.4, -0.2) is 16.5 Å². The lowest BCUT2D eigenvalue weighted by Crippen LogP contribution is -2.04. The fraction of sp³-hybridized carbons (Fsp3) is 0.600. The number of rotatable bonds is 4. The summed E-state index contributed by atoms with van der Waals surface area (Å²) in [5.74, 6) is 1.85. The fourth-order valence-corrected chi connectivity index (χ4v) is 1.36. The van der Waals surface area contributed by atoms with E-state index in [-0.39, 0.29) is 0 Å². The smallest absolute Gasteiger partial charge is 0.128 e. The lowest BCUT2D eigenvalue weighted by molar-refractivity contribution is 0.763. The molecule has 1 saturated carbocycles. The average molecular weight is 177 g/mol. The van der Waals surface area contributed by atoms with Crippen LogP contribution in [0.15, 0.2) is 12.4 Å². The molecule has 1 heterocycles. The maximum atomic E-state index is 5.43. The van der Waals surface area contributed by atoms with Crippen molar-refractivity contribution in [1.29, 1.82) is 0 Å². The number of aromatic nitrogens is 2. The van der Waals surface area contributed by atoms with Gasteiger partial charge in [-0.15, -0.1) is 0 Å². The lowest BCUT2D eigenvalue weighted by atomic mass is 10.2. The SMILES string of the molecule is NCCc1cnc(CC2CC2)nc1. The summed E-state index contributed by atoms with van der Waals surface area (Å²) in [6.07, 6.45) is 8.45. The molecule has 1 aliphatic carbocycles. The Labute approximate surface area is 78.4 Å². The Bertz CT molecular complexity index is 264. The molecular weight excluding hydrogens is 162 g/mol. The third-order valence-electron chi connectivity index (χ3n) is 2.36. The maximum Gasteiger partial charge on any atom is 0.128 e. The van der Waals surface area contributed by atoms with E-state index in [4.69, 9.17) is 5.73 Å². The number of nitrogens with two attached hydrogens (primary N) is 1. The first-order valence-corrected chi connectivity index (χ1v) is 4.88. The van der Waals surface area contributed by atoms with Gasteiger partial charge in [0.15, 0.2) is 0 Å². The molecule has 3 nitrogen and oxygen atoms in total. The molecule has 0 atom stereocenters. The van der Waals surface area contributed by atoms with Crippen LogP contribution in [0.2, 0.25) is 0 Å². The summed E-state index contributed by atoms with van der Waals surface area (Å²) >= 11 is 0. The molecule has 1 fully saturated rings. The molecule has 1 aromatic rings. The predicted molar refractivity (Wildman–Crippen MR) is 51.2 cm³/mol. The Morgan fingerprint density at radius 1 is 1.31 bits per heavy atom. The van der Waals surface area contributed by atoms with Crippen LogP contribution in [0.4, 0.5) is 0 Å². The van der Waals surface area contributed by atoms with E-state index in [9.17, 15) is 0 Å². The Morgan fingerprint density at radius 3 is 2.54 bits per heavy atom. The van der Waals surface area contributed by atoms with Crippen molar-refractivity contribution in [3.63, 3.8) is 0 Å². The molecule has 0 saturated heterocycles. The minimum Gasteiger partial charge on any atom is -0.330 e. The van der Waals surface area contributed by atoms with Gasteiger partial charge in [-0.1, -0.05) is 0 Å². The van der Waals surface area contributed by atoms with Crippen LogP contribution in [0.3, 0.4) is 0 Å². The van der Waals surface area contributed by atoms with Gasteiger partial charge in [0, 0.05) is 18.8 Å². The van der Waals surface area contributed by atoms with Crippen molar-refractivity contribution < 1.29 is 0 Å². The van der Waals surface area contributed by atoms with Crippen molar-refractivity contribution in [2.24, 2.45) is 11.7 Å². The fourth-order valence-electron chi connectivity index (χ4n) is 1.36. The minimum atomic E-state index is 0.672. The number of nitrogens with zero attached hydrogens (tertiary/aromatic N) is 2. The van der Waals surface area contributed by atoms with Crippen molar-refractivity contribution in [2.75, 3.05) is 6.54 Å². The number of hydrogen-bond acceptors (Lipinski definition) is 3. The first-order valence-electron chi connectivity index (χ1n) is 4.88. The molecule has 1 aliphatic rings. The summed E-state index contributed by atoms with van der Waals surface area (Å²) < 4.78 is 0. The topological polar surface area (TPSA) is 51.8 Å². The monoisotopic (exact) mass is 177 g/mol. The van der Waals surface area contributed by atoms with Gasteiger partial charge in [-0.05, 0) is 37.3 Å². The second-order valence-electron chi connectivity index (χ2n) is 3.69. The van der Waals surface area contributed by atoms with E-state index < -0.39 is 0 Å². The van der Waals surface area contributed by atoms with Crippen LogP contribution < -0.4 is 5.73 Å². The van der Waals surface area contributed by atoms with E-state index in [0.717, 1.165) is 30.1 Å². The average Bonchev–Trinajstić information content (AvgIpc) is 2.93. The van der Waals surface area contributed by atoms with E-state index in [1.54, 1.807) is 0 Å². The highest BCUT2D eigenvalue weighted by molar-refractivity contribution is 5.06. The summed E-state index contributed by atoms with van der Waals surface area (Å²) in [4.78, 5) is 8.62. The van der Waals surface area contributed by atoms with Crippen LogP contribution >= 0.6 is 0 Å². The molecule has 13 heavy (non-hydrogen) atoms. The molecule has 0 aromatic carbocycles. The molecule has 2 rings (SSSR count). The van der Waals surface area contributed by atoms with Crippen LogP contribution in [0.5, 0.6) is 0 Å². The summed E-state index contributed by atoms with van der Waals surface area (Å²) in [6.45, 7) is 0.672. The van der Waals surface area contributed by atoms with E-state index in [1.165, 1.54) is 12.8 Å². The highest BCUT2D eigenvalue weighted by Gasteiger charge is 2.22. The van der Waals surface area contributed by atoms with Crippen molar-refractivity contribution in [2.45, 2.75) is 25.7 Å². The summed E-state index contributed by atoms with van der Waals surface area (Å²) in [7, 11) is 0. The normalized spacial score (nSPS) is 16.1. The van der Waals surface area contributed by atoms with Gasteiger partial charge in [0.25, 0.3) is 0 Å². The predicted octanol–water partition coefficient (Wildman–Crippen LogP) is 0.930. The largest absolute Gasteiger partial charge is 0.330 e. The molecule has 0 bridgehead atoms. The molecule has 70 valence electrons. The van der Waals surface area contributed by atoms with Crippen molar-refractivity contribution in [3.8, 4) is 0 Å². The zero-order chi connectivity index (χ0) is 9.10. The third kappa shape index (κ3) is 2.49. The Kier molecular flexibility index (Phi) is 2.54. The first kappa shape index (κ1) is 8.63. The maximum absolute atomic E-state index is 5.43. The van der Waals surface area contributed by atoms with Gasteiger partial charge in [0.1, 0.15) is 5.82 Å². The van der Waals surface area contributed by atoms with Crippen molar-refractivity contribution >= 4 is 0 Å².